The zero-order valence-electron chi connectivity index (χ0n) is 18.2. The lowest BCUT2D eigenvalue weighted by atomic mass is 10.1. The fourth-order valence-electron chi connectivity index (χ4n) is 3.59. The summed E-state index contributed by atoms with van der Waals surface area (Å²) in [6.07, 6.45) is 0.907. The lowest BCUT2D eigenvalue weighted by Crippen LogP contribution is -2.42. The molecule has 6 nitrogen and oxygen atoms in total. The minimum atomic E-state index is 0.242. The first-order valence-electron chi connectivity index (χ1n) is 9.94. The van der Waals surface area contributed by atoms with Gasteiger partial charge in [-0.1, -0.05) is 18.2 Å². The van der Waals surface area contributed by atoms with Gasteiger partial charge in [0.15, 0.2) is 5.96 Å². The number of benzene rings is 2. The number of hydrogen-bond donors (Lipinski definition) is 2. The third kappa shape index (κ3) is 4.88. The Hall–Kier alpha value is -3.02. The summed E-state index contributed by atoms with van der Waals surface area (Å²) >= 11 is 0. The topological polar surface area (TPSA) is 63.5 Å². The van der Waals surface area contributed by atoms with E-state index in [1.165, 1.54) is 27.6 Å². The van der Waals surface area contributed by atoms with Crippen LogP contribution in [0, 0.1) is 13.8 Å². The Bertz CT molecular complexity index is 1020. The molecule has 0 saturated heterocycles. The van der Waals surface area contributed by atoms with E-state index in [4.69, 9.17) is 4.74 Å². The van der Waals surface area contributed by atoms with Gasteiger partial charge in [-0.3, -0.25) is 9.67 Å². The molecular weight excluding hydrogens is 362 g/mol. The van der Waals surface area contributed by atoms with Gasteiger partial charge in [0.05, 0.1) is 12.8 Å². The van der Waals surface area contributed by atoms with Crippen LogP contribution >= 0.6 is 0 Å². The molecule has 6 heteroatoms. The molecule has 3 aromatic rings. The number of ether oxygens (including phenoxy) is 1. The molecule has 3 rings (SSSR count). The highest BCUT2D eigenvalue weighted by atomic mass is 16.5. The SMILES string of the molecule is CN=C(NCc1ccc2cc(OC)ccc2c1)NC(C)Cc1c(C)nn(C)c1C. The Balaban J connectivity index is 1.60. The van der Waals surface area contributed by atoms with Crippen LogP contribution in [-0.4, -0.2) is 35.9 Å². The number of aromatic nitrogens is 2. The second kappa shape index (κ2) is 8.99. The van der Waals surface area contributed by atoms with Crippen LogP contribution in [0.5, 0.6) is 5.75 Å². The van der Waals surface area contributed by atoms with E-state index in [9.17, 15) is 0 Å². The van der Waals surface area contributed by atoms with E-state index in [1.54, 1.807) is 14.2 Å². The van der Waals surface area contributed by atoms with Crippen molar-refractivity contribution in [2.24, 2.45) is 12.0 Å². The normalized spacial score (nSPS) is 12.8. The van der Waals surface area contributed by atoms with Crippen LogP contribution in [0.15, 0.2) is 41.4 Å². The van der Waals surface area contributed by atoms with Gasteiger partial charge in [0.1, 0.15) is 5.75 Å². The zero-order chi connectivity index (χ0) is 21.0. The van der Waals surface area contributed by atoms with Crippen LogP contribution in [0.25, 0.3) is 10.8 Å². The van der Waals surface area contributed by atoms with Crippen LogP contribution in [-0.2, 0) is 20.0 Å². The minimum Gasteiger partial charge on any atom is -0.497 e. The Morgan fingerprint density at radius 1 is 1.17 bits per heavy atom. The number of methoxy groups -OCH3 is 1. The molecule has 1 unspecified atom stereocenters. The molecule has 2 N–H and O–H groups in total. The summed E-state index contributed by atoms with van der Waals surface area (Å²) in [6.45, 7) is 7.06. The molecule has 0 spiro atoms. The number of nitrogens with zero attached hydrogens (tertiary/aromatic N) is 3. The molecule has 0 bridgehead atoms. The average molecular weight is 394 g/mol. The minimum absolute atomic E-state index is 0.242. The van der Waals surface area contributed by atoms with E-state index in [0.29, 0.717) is 6.54 Å². The maximum atomic E-state index is 5.30. The highest BCUT2D eigenvalue weighted by molar-refractivity contribution is 5.85. The van der Waals surface area contributed by atoms with Crippen LogP contribution < -0.4 is 15.4 Å². The fourth-order valence-corrected chi connectivity index (χ4v) is 3.59. The Kier molecular flexibility index (Phi) is 6.42. The van der Waals surface area contributed by atoms with Crippen molar-refractivity contribution in [3.8, 4) is 5.75 Å². The molecule has 29 heavy (non-hydrogen) atoms. The molecule has 0 aliphatic carbocycles. The molecule has 1 atom stereocenters. The number of rotatable bonds is 6. The Labute approximate surface area is 173 Å². The van der Waals surface area contributed by atoms with Gasteiger partial charge in [0.2, 0.25) is 0 Å². The van der Waals surface area contributed by atoms with E-state index in [0.717, 1.165) is 23.8 Å². The summed E-state index contributed by atoms with van der Waals surface area (Å²) in [5.41, 5.74) is 4.81. The number of fused-ring (bicyclic) bond motifs is 1. The average Bonchev–Trinajstić information content (AvgIpc) is 2.96. The van der Waals surface area contributed by atoms with Crippen LogP contribution in [0.2, 0.25) is 0 Å². The van der Waals surface area contributed by atoms with Gasteiger partial charge in [-0.2, -0.15) is 5.10 Å². The monoisotopic (exact) mass is 393 g/mol. The van der Waals surface area contributed by atoms with Crippen molar-refractivity contribution in [2.75, 3.05) is 14.2 Å². The molecular formula is C23H31N5O. The summed E-state index contributed by atoms with van der Waals surface area (Å²) in [5.74, 6) is 1.67. The van der Waals surface area contributed by atoms with Crippen LogP contribution in [0.3, 0.4) is 0 Å². The molecule has 0 saturated carbocycles. The predicted molar refractivity (Wildman–Crippen MR) is 120 cm³/mol. The molecule has 0 aliphatic rings. The Morgan fingerprint density at radius 3 is 2.55 bits per heavy atom. The molecule has 0 fully saturated rings. The quantitative estimate of drug-likeness (QED) is 0.497. The largest absolute Gasteiger partial charge is 0.497 e. The van der Waals surface area contributed by atoms with E-state index in [2.05, 4.69) is 71.8 Å². The van der Waals surface area contributed by atoms with E-state index in [1.807, 2.05) is 17.8 Å². The molecule has 0 radical (unpaired) electrons. The number of hydrogen-bond acceptors (Lipinski definition) is 3. The Morgan fingerprint density at radius 2 is 1.90 bits per heavy atom. The fraction of sp³-hybridized carbons (Fsp3) is 0.391. The highest BCUT2D eigenvalue weighted by Crippen LogP contribution is 2.21. The predicted octanol–water partition coefficient (Wildman–Crippen LogP) is 3.49. The number of guanidine groups is 1. The summed E-state index contributed by atoms with van der Waals surface area (Å²) in [6, 6.07) is 12.8. The standard InChI is InChI=1S/C23H31N5O/c1-15(11-22-16(2)27-28(5)17(22)3)26-23(24-4)25-14-18-7-8-20-13-21(29-6)10-9-19(20)12-18/h7-10,12-13,15H,11,14H2,1-6H3,(H2,24,25,26). The molecule has 1 aromatic heterocycles. The number of nitrogens with one attached hydrogen (secondary N) is 2. The maximum Gasteiger partial charge on any atom is 0.191 e. The van der Waals surface area contributed by atoms with Gasteiger partial charge >= 0.3 is 0 Å². The third-order valence-corrected chi connectivity index (χ3v) is 5.35. The highest BCUT2D eigenvalue weighted by Gasteiger charge is 2.14. The van der Waals surface area contributed by atoms with E-state index in [-0.39, 0.29) is 6.04 Å². The van der Waals surface area contributed by atoms with Crippen LogP contribution in [0.4, 0.5) is 0 Å². The third-order valence-electron chi connectivity index (χ3n) is 5.35. The lowest BCUT2D eigenvalue weighted by Gasteiger charge is -2.18. The van der Waals surface area contributed by atoms with E-state index >= 15 is 0 Å². The van der Waals surface area contributed by atoms with Crippen molar-refractivity contribution in [3.05, 3.63) is 58.9 Å². The van der Waals surface area contributed by atoms with E-state index < -0.39 is 0 Å². The van der Waals surface area contributed by atoms with Crippen molar-refractivity contribution >= 4 is 16.7 Å². The molecule has 1 heterocycles. The van der Waals surface area contributed by atoms with Crippen molar-refractivity contribution in [3.63, 3.8) is 0 Å². The van der Waals surface area contributed by atoms with Gasteiger partial charge in [-0.25, -0.2) is 0 Å². The van der Waals surface area contributed by atoms with Gasteiger partial charge in [0.25, 0.3) is 0 Å². The second-order valence-electron chi connectivity index (χ2n) is 7.50. The first-order chi connectivity index (χ1) is 13.9. The zero-order valence-corrected chi connectivity index (χ0v) is 18.2. The smallest absolute Gasteiger partial charge is 0.191 e. The lowest BCUT2D eigenvalue weighted by molar-refractivity contribution is 0.415. The first-order valence-corrected chi connectivity index (χ1v) is 9.94. The summed E-state index contributed by atoms with van der Waals surface area (Å²) in [7, 11) is 5.48. The molecule has 2 aromatic carbocycles. The summed E-state index contributed by atoms with van der Waals surface area (Å²) < 4.78 is 7.24. The second-order valence-corrected chi connectivity index (χ2v) is 7.50. The van der Waals surface area contributed by atoms with Crippen molar-refractivity contribution in [2.45, 2.75) is 39.8 Å². The first kappa shape index (κ1) is 20.7. The molecule has 0 amide bonds. The number of aryl methyl sites for hydroxylation is 2. The number of aliphatic imine (C=N–C) groups is 1. The van der Waals surface area contributed by atoms with Crippen molar-refractivity contribution in [1.29, 1.82) is 0 Å². The van der Waals surface area contributed by atoms with Gasteiger partial charge in [-0.15, -0.1) is 0 Å². The van der Waals surface area contributed by atoms with Gasteiger partial charge in [-0.05, 0) is 67.3 Å². The molecule has 0 aliphatic heterocycles. The van der Waals surface area contributed by atoms with Crippen molar-refractivity contribution in [1.82, 2.24) is 20.4 Å². The van der Waals surface area contributed by atoms with Gasteiger partial charge in [0, 0.05) is 32.4 Å². The van der Waals surface area contributed by atoms with Gasteiger partial charge < -0.3 is 15.4 Å². The maximum absolute atomic E-state index is 5.30. The van der Waals surface area contributed by atoms with Crippen molar-refractivity contribution < 1.29 is 4.74 Å². The summed E-state index contributed by atoms with van der Waals surface area (Å²) in [5, 5.41) is 13.8. The summed E-state index contributed by atoms with van der Waals surface area (Å²) in [4.78, 5) is 4.38. The molecule has 154 valence electrons. The van der Waals surface area contributed by atoms with Crippen LogP contribution in [0.1, 0.15) is 29.4 Å².